The molecule has 0 bridgehead atoms. The zero-order valence-corrected chi connectivity index (χ0v) is 19.3. The van der Waals surface area contributed by atoms with Crippen LogP contribution in [0, 0.1) is 0 Å². The molecule has 0 radical (unpaired) electrons. The minimum absolute atomic E-state index is 0.769. The van der Waals surface area contributed by atoms with Crippen LogP contribution in [0.15, 0.2) is 66.9 Å². The Morgan fingerprint density at radius 1 is 0.613 bits per heavy atom. The number of rotatable bonds is 13. The Morgan fingerprint density at radius 3 is 1.90 bits per heavy atom. The highest BCUT2D eigenvalue weighted by Crippen LogP contribution is 2.23. The van der Waals surface area contributed by atoms with Crippen molar-refractivity contribution in [3.05, 3.63) is 83.7 Å². The van der Waals surface area contributed by atoms with E-state index in [1.165, 1.54) is 60.1 Å². The molecule has 0 atom stereocenters. The highest BCUT2D eigenvalue weighted by Gasteiger charge is 2.02. The van der Waals surface area contributed by atoms with E-state index in [4.69, 9.17) is 4.74 Å². The fourth-order valence-electron chi connectivity index (χ4n) is 3.78. The Balaban J connectivity index is 1.45. The molecule has 3 rings (SSSR count). The summed E-state index contributed by atoms with van der Waals surface area (Å²) in [5, 5.41) is 0. The van der Waals surface area contributed by atoms with Crippen molar-refractivity contribution >= 4 is 0 Å². The van der Waals surface area contributed by atoms with Gasteiger partial charge in [0.2, 0.25) is 0 Å². The average Bonchev–Trinajstić information content (AvgIpc) is 2.83. The number of nitrogens with zero attached hydrogens (tertiary/aromatic N) is 1. The molecule has 0 aliphatic rings. The molecule has 164 valence electrons. The summed E-state index contributed by atoms with van der Waals surface area (Å²) in [5.41, 5.74) is 6.39. The third-order valence-corrected chi connectivity index (χ3v) is 5.74. The predicted octanol–water partition coefficient (Wildman–Crippen LogP) is 7.84. The lowest BCUT2D eigenvalue weighted by atomic mass is 10.0. The third-order valence-electron chi connectivity index (χ3n) is 5.74. The number of ether oxygens (including phenoxy) is 1. The minimum atomic E-state index is 0.769. The van der Waals surface area contributed by atoms with Crippen LogP contribution >= 0.6 is 0 Å². The quantitative estimate of drug-likeness (QED) is 0.265. The zero-order valence-electron chi connectivity index (χ0n) is 19.3. The summed E-state index contributed by atoms with van der Waals surface area (Å²) in [7, 11) is 0. The number of hydrogen-bond acceptors (Lipinski definition) is 2. The van der Waals surface area contributed by atoms with E-state index in [0.29, 0.717) is 0 Å². The fourth-order valence-corrected chi connectivity index (χ4v) is 3.78. The molecule has 0 aliphatic heterocycles. The fraction of sp³-hybridized carbons (Fsp3) is 0.414. The predicted molar refractivity (Wildman–Crippen MR) is 132 cm³/mol. The lowest BCUT2D eigenvalue weighted by Crippen LogP contribution is -1.95. The van der Waals surface area contributed by atoms with E-state index < -0.39 is 0 Å². The number of aryl methyl sites for hydroxylation is 3. The molecule has 0 aliphatic carbocycles. The van der Waals surface area contributed by atoms with Gasteiger partial charge in [-0.3, -0.25) is 4.98 Å². The van der Waals surface area contributed by atoms with E-state index in [1.54, 1.807) is 0 Å². The van der Waals surface area contributed by atoms with Gasteiger partial charge in [0.05, 0.1) is 6.61 Å². The molecule has 1 heterocycles. The summed E-state index contributed by atoms with van der Waals surface area (Å²) in [5.74, 6) is 0.943. The number of benzene rings is 2. The van der Waals surface area contributed by atoms with Gasteiger partial charge in [-0.2, -0.15) is 0 Å². The molecule has 0 amide bonds. The molecule has 0 saturated carbocycles. The van der Waals surface area contributed by atoms with Crippen molar-refractivity contribution in [1.82, 2.24) is 4.98 Å². The molecule has 0 unspecified atom stereocenters. The van der Waals surface area contributed by atoms with E-state index in [9.17, 15) is 0 Å². The normalized spacial score (nSPS) is 10.9. The van der Waals surface area contributed by atoms with Gasteiger partial charge in [-0.1, -0.05) is 82.0 Å². The van der Waals surface area contributed by atoms with Crippen molar-refractivity contribution in [2.75, 3.05) is 6.61 Å². The summed E-state index contributed by atoms with van der Waals surface area (Å²) in [6.45, 7) is 5.15. The molecule has 0 N–H and O–H groups in total. The van der Waals surface area contributed by atoms with Crippen LogP contribution in [0.4, 0.5) is 0 Å². The molecule has 2 heteroatoms. The SMILES string of the molecule is CCCCCCCc1ccc(CCc2ccc(-c3ccc(OCCC)cc3)cc2)cn1. The van der Waals surface area contributed by atoms with Crippen LogP contribution in [0.25, 0.3) is 11.1 Å². The van der Waals surface area contributed by atoms with Crippen LogP contribution in [0.5, 0.6) is 5.75 Å². The van der Waals surface area contributed by atoms with Crippen LogP contribution in [0.1, 0.15) is 69.2 Å². The second-order valence-corrected chi connectivity index (χ2v) is 8.39. The monoisotopic (exact) mass is 415 g/mol. The van der Waals surface area contributed by atoms with Gasteiger partial charge in [0.25, 0.3) is 0 Å². The van der Waals surface area contributed by atoms with Gasteiger partial charge in [0.1, 0.15) is 5.75 Å². The second kappa shape index (κ2) is 12.9. The number of aromatic nitrogens is 1. The summed E-state index contributed by atoms with van der Waals surface area (Å²) in [6, 6.07) is 21.8. The van der Waals surface area contributed by atoms with Crippen LogP contribution in [-0.4, -0.2) is 11.6 Å². The van der Waals surface area contributed by atoms with E-state index in [1.807, 2.05) is 0 Å². The molecule has 2 nitrogen and oxygen atoms in total. The molecule has 1 aromatic heterocycles. The molecular formula is C29H37NO. The molecule has 0 fully saturated rings. The van der Waals surface area contributed by atoms with Crippen LogP contribution in [-0.2, 0) is 19.3 Å². The summed E-state index contributed by atoms with van der Waals surface area (Å²) in [4.78, 5) is 4.68. The highest BCUT2D eigenvalue weighted by molar-refractivity contribution is 5.64. The molecule has 2 aromatic carbocycles. The Labute approximate surface area is 188 Å². The Morgan fingerprint density at radius 2 is 1.26 bits per heavy atom. The van der Waals surface area contributed by atoms with Gasteiger partial charge >= 0.3 is 0 Å². The maximum absolute atomic E-state index is 5.67. The second-order valence-electron chi connectivity index (χ2n) is 8.39. The average molecular weight is 416 g/mol. The van der Waals surface area contributed by atoms with Crippen molar-refractivity contribution < 1.29 is 4.74 Å². The van der Waals surface area contributed by atoms with Gasteiger partial charge in [-0.25, -0.2) is 0 Å². The van der Waals surface area contributed by atoms with Gasteiger partial charge in [-0.15, -0.1) is 0 Å². The summed E-state index contributed by atoms with van der Waals surface area (Å²) >= 11 is 0. The Hall–Kier alpha value is -2.61. The van der Waals surface area contributed by atoms with E-state index in [-0.39, 0.29) is 0 Å². The van der Waals surface area contributed by atoms with Crippen molar-refractivity contribution in [2.24, 2.45) is 0 Å². The summed E-state index contributed by atoms with van der Waals surface area (Å²) in [6.07, 6.45) is 12.9. The van der Waals surface area contributed by atoms with Crippen molar-refractivity contribution in [2.45, 2.75) is 71.6 Å². The minimum Gasteiger partial charge on any atom is -0.494 e. The molecule has 31 heavy (non-hydrogen) atoms. The van der Waals surface area contributed by atoms with Crippen LogP contribution in [0.2, 0.25) is 0 Å². The van der Waals surface area contributed by atoms with E-state index in [2.05, 4.69) is 85.7 Å². The van der Waals surface area contributed by atoms with Crippen molar-refractivity contribution in [3.8, 4) is 16.9 Å². The van der Waals surface area contributed by atoms with Gasteiger partial charge < -0.3 is 4.74 Å². The Bertz CT molecular complexity index is 866. The van der Waals surface area contributed by atoms with Gasteiger partial charge in [0, 0.05) is 11.9 Å². The topological polar surface area (TPSA) is 22.1 Å². The molecule has 3 aromatic rings. The maximum atomic E-state index is 5.67. The first-order valence-electron chi connectivity index (χ1n) is 12.0. The first-order chi connectivity index (χ1) is 15.3. The van der Waals surface area contributed by atoms with Crippen molar-refractivity contribution in [1.29, 1.82) is 0 Å². The van der Waals surface area contributed by atoms with E-state index in [0.717, 1.165) is 38.0 Å². The largest absolute Gasteiger partial charge is 0.494 e. The number of hydrogen-bond donors (Lipinski definition) is 0. The molecular weight excluding hydrogens is 378 g/mol. The first-order valence-corrected chi connectivity index (χ1v) is 12.0. The standard InChI is InChI=1S/C29H37NO/c1-3-5-6-7-8-9-28-19-14-25(23-30-28)11-10-24-12-15-26(16-13-24)27-17-20-29(21-18-27)31-22-4-2/h12-21,23H,3-11,22H2,1-2H3. The molecule has 0 saturated heterocycles. The smallest absolute Gasteiger partial charge is 0.119 e. The van der Waals surface area contributed by atoms with Crippen molar-refractivity contribution in [3.63, 3.8) is 0 Å². The molecule has 0 spiro atoms. The van der Waals surface area contributed by atoms with Gasteiger partial charge in [-0.05, 0) is 72.6 Å². The van der Waals surface area contributed by atoms with Gasteiger partial charge in [0.15, 0.2) is 0 Å². The lowest BCUT2D eigenvalue weighted by molar-refractivity contribution is 0.317. The zero-order chi connectivity index (χ0) is 21.7. The first kappa shape index (κ1) is 23.1. The summed E-state index contributed by atoms with van der Waals surface area (Å²) < 4.78 is 5.67. The third kappa shape index (κ3) is 7.86. The maximum Gasteiger partial charge on any atom is 0.119 e. The van der Waals surface area contributed by atoms with Crippen LogP contribution < -0.4 is 4.74 Å². The lowest BCUT2D eigenvalue weighted by Gasteiger charge is -2.08. The number of unbranched alkanes of at least 4 members (excludes halogenated alkanes) is 4. The van der Waals surface area contributed by atoms with Crippen LogP contribution in [0.3, 0.4) is 0 Å². The Kier molecular flexibility index (Phi) is 9.63. The highest BCUT2D eigenvalue weighted by atomic mass is 16.5. The number of pyridine rings is 1. The van der Waals surface area contributed by atoms with E-state index >= 15 is 0 Å².